The van der Waals surface area contributed by atoms with E-state index in [1.54, 1.807) is 9.80 Å². The van der Waals surface area contributed by atoms with Gasteiger partial charge in [-0.15, -0.1) is 0 Å². The molecule has 0 aliphatic carbocycles. The molecule has 2 atom stereocenters. The van der Waals surface area contributed by atoms with Gasteiger partial charge in [-0.1, -0.05) is 55.8 Å². The second-order valence-corrected chi connectivity index (χ2v) is 11.1. The molecule has 2 amide bonds. The number of carbonyl (C=O) groups excluding carboxylic acids is 3. The summed E-state index contributed by atoms with van der Waals surface area (Å²) in [5, 5.41) is 1.14. The first-order valence-electron chi connectivity index (χ1n) is 14.6. The number of piperazine rings is 1. The van der Waals surface area contributed by atoms with Crippen LogP contribution in [-0.2, 0) is 38.6 Å². The number of hydrogen-bond donors (Lipinski definition) is 0. The maximum atomic E-state index is 13.4. The SMILES string of the molecule is CCCCN1CC(=O)N2Cc3c(c4ccccc4n3Cc3ccc(C(=O)COC4CCCCO4)cc3)CC2C1=O. The Balaban J connectivity index is 1.22. The molecule has 210 valence electrons. The van der Waals surface area contributed by atoms with Crippen LogP contribution in [0.2, 0.25) is 0 Å². The van der Waals surface area contributed by atoms with Gasteiger partial charge in [-0.2, -0.15) is 0 Å². The Morgan fingerprint density at radius 3 is 2.65 bits per heavy atom. The fraction of sp³-hybridized carbons (Fsp3) is 0.469. The van der Waals surface area contributed by atoms with E-state index in [1.807, 2.05) is 36.4 Å². The van der Waals surface area contributed by atoms with Gasteiger partial charge in [-0.25, -0.2) is 0 Å². The molecule has 8 nitrogen and oxygen atoms in total. The molecule has 2 fully saturated rings. The molecule has 0 saturated carbocycles. The molecular formula is C32H37N3O5. The third-order valence-electron chi connectivity index (χ3n) is 8.47. The van der Waals surface area contributed by atoms with Gasteiger partial charge in [0, 0.05) is 48.3 Å². The lowest BCUT2D eigenvalue weighted by atomic mass is 9.93. The zero-order valence-corrected chi connectivity index (χ0v) is 23.1. The van der Waals surface area contributed by atoms with Crippen molar-refractivity contribution in [3.8, 4) is 0 Å². The molecule has 2 unspecified atom stereocenters. The maximum Gasteiger partial charge on any atom is 0.246 e. The van der Waals surface area contributed by atoms with Gasteiger partial charge in [0.05, 0.1) is 13.1 Å². The third-order valence-corrected chi connectivity index (χ3v) is 8.47. The second kappa shape index (κ2) is 11.6. The number of carbonyl (C=O) groups is 3. The van der Waals surface area contributed by atoms with Crippen molar-refractivity contribution in [2.75, 3.05) is 26.3 Å². The number of nitrogens with zero attached hydrogens (tertiary/aromatic N) is 3. The summed E-state index contributed by atoms with van der Waals surface area (Å²) < 4.78 is 13.5. The van der Waals surface area contributed by atoms with Crippen LogP contribution in [0.5, 0.6) is 0 Å². The van der Waals surface area contributed by atoms with Crippen molar-refractivity contribution in [2.45, 2.75) is 70.9 Å². The largest absolute Gasteiger partial charge is 0.353 e. The first-order chi connectivity index (χ1) is 19.5. The van der Waals surface area contributed by atoms with Crippen LogP contribution in [-0.4, -0.2) is 70.6 Å². The average molecular weight is 544 g/mol. The Bertz CT molecular complexity index is 1410. The molecule has 4 heterocycles. The number of amides is 2. The van der Waals surface area contributed by atoms with Gasteiger partial charge < -0.3 is 23.8 Å². The van der Waals surface area contributed by atoms with E-state index < -0.39 is 6.04 Å². The van der Waals surface area contributed by atoms with Crippen LogP contribution < -0.4 is 0 Å². The quantitative estimate of drug-likeness (QED) is 0.376. The molecule has 8 heteroatoms. The van der Waals surface area contributed by atoms with Gasteiger partial charge in [0.25, 0.3) is 0 Å². The number of benzene rings is 2. The van der Waals surface area contributed by atoms with E-state index in [9.17, 15) is 14.4 Å². The summed E-state index contributed by atoms with van der Waals surface area (Å²) in [4.78, 5) is 42.8. The van der Waals surface area contributed by atoms with Gasteiger partial charge >= 0.3 is 0 Å². The number of Topliss-reactive ketones (excluding diaryl/α,β-unsaturated/α-hetero) is 1. The number of ketones is 1. The van der Waals surface area contributed by atoms with Crippen LogP contribution >= 0.6 is 0 Å². The van der Waals surface area contributed by atoms with Crippen LogP contribution in [0.25, 0.3) is 10.9 Å². The number of rotatable bonds is 9. The normalized spacial score (nSPS) is 21.0. The highest BCUT2D eigenvalue weighted by Crippen LogP contribution is 2.35. The van der Waals surface area contributed by atoms with Crippen molar-refractivity contribution in [1.82, 2.24) is 14.4 Å². The molecule has 3 aliphatic heterocycles. The number of hydrogen-bond acceptors (Lipinski definition) is 5. The summed E-state index contributed by atoms with van der Waals surface area (Å²) >= 11 is 0. The van der Waals surface area contributed by atoms with Gasteiger partial charge in [-0.3, -0.25) is 14.4 Å². The number of fused-ring (bicyclic) bond motifs is 4. The monoisotopic (exact) mass is 543 g/mol. The summed E-state index contributed by atoms with van der Waals surface area (Å²) in [5.74, 6) is 0.0264. The number of aromatic nitrogens is 1. The van der Waals surface area contributed by atoms with Crippen LogP contribution in [0.1, 0.15) is 66.2 Å². The van der Waals surface area contributed by atoms with E-state index in [0.29, 0.717) is 38.2 Å². The van der Waals surface area contributed by atoms with Crippen LogP contribution in [0.3, 0.4) is 0 Å². The summed E-state index contributed by atoms with van der Waals surface area (Å²) in [7, 11) is 0. The molecule has 3 aliphatic rings. The molecule has 0 bridgehead atoms. The molecule has 0 N–H and O–H groups in total. The summed E-state index contributed by atoms with van der Waals surface area (Å²) in [6, 6.07) is 15.5. The Hall–Kier alpha value is -3.49. The molecule has 1 aromatic heterocycles. The van der Waals surface area contributed by atoms with Crippen molar-refractivity contribution < 1.29 is 23.9 Å². The van der Waals surface area contributed by atoms with Crippen LogP contribution in [0.15, 0.2) is 48.5 Å². The zero-order valence-electron chi connectivity index (χ0n) is 23.1. The Kier molecular flexibility index (Phi) is 7.71. The standard InChI is InChI=1S/C32H37N3O5/c1-2-3-15-33-20-30(37)35-19-28-25(17-27(35)32(33)38)24-8-4-5-9-26(24)34(28)18-22-11-13-23(14-12-22)29(36)21-40-31-10-6-7-16-39-31/h4-5,8-9,11-14,27,31H,2-3,6-7,10,15-21H2,1H3. The molecule has 40 heavy (non-hydrogen) atoms. The van der Waals surface area contributed by atoms with E-state index >= 15 is 0 Å². The fourth-order valence-electron chi connectivity index (χ4n) is 6.23. The summed E-state index contributed by atoms with van der Waals surface area (Å²) in [5.41, 5.74) is 5.01. The number of para-hydroxylation sites is 1. The van der Waals surface area contributed by atoms with Gasteiger partial charge in [0.2, 0.25) is 11.8 Å². The highest BCUT2D eigenvalue weighted by Gasteiger charge is 2.43. The number of ether oxygens (including phenoxy) is 2. The van der Waals surface area contributed by atoms with Crippen LogP contribution in [0, 0.1) is 0 Å². The van der Waals surface area contributed by atoms with Gasteiger partial charge in [-0.05, 0) is 42.9 Å². The first-order valence-corrected chi connectivity index (χ1v) is 14.6. The fourth-order valence-corrected chi connectivity index (χ4v) is 6.23. The molecule has 0 spiro atoms. The van der Waals surface area contributed by atoms with Crippen molar-refractivity contribution in [3.63, 3.8) is 0 Å². The topological polar surface area (TPSA) is 81.1 Å². The van der Waals surface area contributed by atoms with E-state index in [1.165, 1.54) is 0 Å². The van der Waals surface area contributed by atoms with Crippen molar-refractivity contribution in [3.05, 3.63) is 70.9 Å². The molecule has 0 radical (unpaired) electrons. The molecule has 6 rings (SSSR count). The Morgan fingerprint density at radius 2 is 1.88 bits per heavy atom. The van der Waals surface area contributed by atoms with E-state index in [-0.39, 0.29) is 37.0 Å². The van der Waals surface area contributed by atoms with Gasteiger partial charge in [0.15, 0.2) is 12.1 Å². The predicted octanol–water partition coefficient (Wildman–Crippen LogP) is 4.31. The van der Waals surface area contributed by atoms with Crippen molar-refractivity contribution in [2.24, 2.45) is 0 Å². The first kappa shape index (κ1) is 26.7. The third kappa shape index (κ3) is 5.18. The summed E-state index contributed by atoms with van der Waals surface area (Å²) in [6.07, 6.45) is 5.08. The smallest absolute Gasteiger partial charge is 0.246 e. The minimum Gasteiger partial charge on any atom is -0.353 e. The second-order valence-electron chi connectivity index (χ2n) is 11.1. The lowest BCUT2D eigenvalue weighted by molar-refractivity contribution is -0.157. The van der Waals surface area contributed by atoms with Gasteiger partial charge in [0.1, 0.15) is 12.6 Å². The van der Waals surface area contributed by atoms with Crippen LogP contribution in [0.4, 0.5) is 0 Å². The molecular weight excluding hydrogens is 506 g/mol. The Labute approximate surface area is 234 Å². The van der Waals surface area contributed by atoms with Crippen molar-refractivity contribution >= 4 is 28.5 Å². The molecule has 2 aromatic carbocycles. The van der Waals surface area contributed by atoms with Crippen molar-refractivity contribution in [1.29, 1.82) is 0 Å². The lowest BCUT2D eigenvalue weighted by Gasteiger charge is -2.43. The average Bonchev–Trinajstić information content (AvgIpc) is 3.29. The van der Waals surface area contributed by atoms with E-state index in [4.69, 9.17) is 9.47 Å². The predicted molar refractivity (Wildman–Crippen MR) is 151 cm³/mol. The molecule has 3 aromatic rings. The minimum atomic E-state index is -0.434. The Morgan fingerprint density at radius 1 is 1.05 bits per heavy atom. The lowest BCUT2D eigenvalue weighted by Crippen LogP contribution is -2.61. The van der Waals surface area contributed by atoms with E-state index in [2.05, 4.69) is 23.6 Å². The highest BCUT2D eigenvalue weighted by molar-refractivity contribution is 5.98. The van der Waals surface area contributed by atoms with E-state index in [0.717, 1.165) is 59.8 Å². The number of unbranched alkanes of at least 4 members (excludes halogenated alkanes) is 1. The summed E-state index contributed by atoms with van der Waals surface area (Å²) in [6.45, 7) is 4.64. The zero-order chi connectivity index (χ0) is 27.6. The maximum absolute atomic E-state index is 13.4. The molecule has 2 saturated heterocycles. The highest BCUT2D eigenvalue weighted by atomic mass is 16.7. The minimum absolute atomic E-state index is 0.0133.